The van der Waals surface area contributed by atoms with Crippen LogP contribution in [0, 0.1) is 17.3 Å². The smallest absolute Gasteiger partial charge is 0.409 e. The van der Waals surface area contributed by atoms with Gasteiger partial charge in [-0.15, -0.1) is 0 Å². The first-order chi connectivity index (χ1) is 12.1. The summed E-state index contributed by atoms with van der Waals surface area (Å²) >= 11 is 0. The zero-order valence-corrected chi connectivity index (χ0v) is 15.2. The van der Waals surface area contributed by atoms with Gasteiger partial charge in [0.05, 0.1) is 6.61 Å². The number of nitrogens with zero attached hydrogens (tertiary/aromatic N) is 4. The van der Waals surface area contributed by atoms with E-state index in [0.717, 1.165) is 43.3 Å². The van der Waals surface area contributed by atoms with Crippen molar-refractivity contribution in [1.29, 1.82) is 0 Å². The lowest BCUT2D eigenvalue weighted by Crippen LogP contribution is -2.52. The molecule has 136 valence electrons. The highest BCUT2D eigenvalue weighted by atomic mass is 16.6. The monoisotopic (exact) mass is 344 g/mol. The van der Waals surface area contributed by atoms with Crippen molar-refractivity contribution in [3.63, 3.8) is 0 Å². The molecule has 0 bridgehead atoms. The standard InChI is InChI=1S/C19H28N4O2/c1-3-25-18(24)22-7-5-19(12-22)8-13(9-19)23-10-14-15(11-23)17(14)16-4-6-20-21(16)2/h4,6,13-15,17H,3,5,7-12H2,1-2H3/t13?,14-,15+,17-,19?. The molecule has 0 radical (unpaired) electrons. The zero-order valence-electron chi connectivity index (χ0n) is 15.2. The molecule has 6 heteroatoms. The highest BCUT2D eigenvalue weighted by Gasteiger charge is 2.60. The van der Waals surface area contributed by atoms with Crippen molar-refractivity contribution in [3.05, 3.63) is 18.0 Å². The van der Waals surface area contributed by atoms with Crippen LogP contribution in [0.25, 0.3) is 0 Å². The highest BCUT2D eigenvalue weighted by Crippen LogP contribution is 2.60. The van der Waals surface area contributed by atoms with Crippen LogP contribution in [0.4, 0.5) is 4.79 Å². The minimum atomic E-state index is -0.121. The van der Waals surface area contributed by atoms with Gasteiger partial charge in [-0.2, -0.15) is 5.10 Å². The number of aromatic nitrogens is 2. The molecule has 0 N–H and O–H groups in total. The van der Waals surface area contributed by atoms with E-state index < -0.39 is 0 Å². The number of likely N-dealkylation sites (tertiary alicyclic amines) is 2. The van der Waals surface area contributed by atoms with Gasteiger partial charge in [0.15, 0.2) is 0 Å². The minimum Gasteiger partial charge on any atom is -0.450 e. The van der Waals surface area contributed by atoms with E-state index in [1.165, 1.54) is 31.6 Å². The lowest BCUT2D eigenvalue weighted by atomic mass is 9.64. The second-order valence-corrected chi connectivity index (χ2v) is 8.62. The van der Waals surface area contributed by atoms with Crippen molar-refractivity contribution in [2.24, 2.45) is 24.3 Å². The van der Waals surface area contributed by atoms with Gasteiger partial charge in [0.2, 0.25) is 0 Å². The van der Waals surface area contributed by atoms with Gasteiger partial charge in [-0.1, -0.05) is 0 Å². The van der Waals surface area contributed by atoms with Gasteiger partial charge in [0.1, 0.15) is 0 Å². The Bertz CT molecular complexity index is 669. The maximum atomic E-state index is 11.9. The largest absolute Gasteiger partial charge is 0.450 e. The number of ether oxygens (including phenoxy) is 1. The second-order valence-electron chi connectivity index (χ2n) is 8.62. The van der Waals surface area contributed by atoms with Crippen LogP contribution < -0.4 is 0 Å². The van der Waals surface area contributed by atoms with Crippen molar-refractivity contribution in [2.45, 2.75) is 38.1 Å². The van der Waals surface area contributed by atoms with Gasteiger partial charge in [-0.25, -0.2) is 4.79 Å². The molecule has 1 amide bonds. The van der Waals surface area contributed by atoms with E-state index in [2.05, 4.69) is 23.1 Å². The van der Waals surface area contributed by atoms with Crippen LogP contribution in [0.5, 0.6) is 0 Å². The van der Waals surface area contributed by atoms with E-state index >= 15 is 0 Å². The summed E-state index contributed by atoms with van der Waals surface area (Å²) in [5, 5.41) is 4.33. The number of hydrogen-bond donors (Lipinski definition) is 0. The molecule has 1 spiro atoms. The van der Waals surface area contributed by atoms with E-state index in [1.54, 1.807) is 0 Å². The first-order valence-corrected chi connectivity index (χ1v) is 9.74. The number of fused-ring (bicyclic) bond motifs is 1. The molecule has 0 aromatic carbocycles. The number of piperidine rings is 1. The van der Waals surface area contributed by atoms with Crippen LogP contribution in [-0.2, 0) is 11.8 Å². The molecule has 2 saturated carbocycles. The minimum absolute atomic E-state index is 0.121. The average Bonchev–Trinajstić information content (AvgIpc) is 3.03. The SMILES string of the molecule is CCOC(=O)N1CCC2(CC(N3C[C@@H]4[C@H](C3)[C@@H]4c3ccnn3C)C2)C1. The van der Waals surface area contributed by atoms with Crippen molar-refractivity contribution < 1.29 is 9.53 Å². The molecule has 2 aliphatic carbocycles. The fraction of sp³-hybridized carbons (Fsp3) is 0.789. The van der Waals surface area contributed by atoms with Crippen LogP contribution in [0.3, 0.4) is 0 Å². The molecule has 4 aliphatic rings. The summed E-state index contributed by atoms with van der Waals surface area (Å²) in [4.78, 5) is 16.6. The Morgan fingerprint density at radius 3 is 2.76 bits per heavy atom. The predicted octanol–water partition coefficient (Wildman–Crippen LogP) is 2.08. The zero-order chi connectivity index (χ0) is 17.2. The van der Waals surface area contributed by atoms with Gasteiger partial charge in [0.25, 0.3) is 0 Å². The Kier molecular flexibility index (Phi) is 3.43. The third kappa shape index (κ3) is 2.40. The molecule has 5 rings (SSSR count). The predicted molar refractivity (Wildman–Crippen MR) is 93.2 cm³/mol. The first kappa shape index (κ1) is 15.7. The Balaban J connectivity index is 1.13. The van der Waals surface area contributed by atoms with Crippen LogP contribution >= 0.6 is 0 Å². The Morgan fingerprint density at radius 2 is 2.12 bits per heavy atom. The summed E-state index contributed by atoms with van der Waals surface area (Å²) in [5.74, 6) is 2.42. The van der Waals surface area contributed by atoms with E-state index in [4.69, 9.17) is 4.74 Å². The molecular formula is C19H28N4O2. The summed E-state index contributed by atoms with van der Waals surface area (Å²) in [7, 11) is 2.06. The molecule has 0 unspecified atom stereocenters. The highest BCUT2D eigenvalue weighted by molar-refractivity contribution is 5.68. The lowest BCUT2D eigenvalue weighted by molar-refractivity contribution is 0.0117. The normalized spacial score (nSPS) is 39.5. The summed E-state index contributed by atoms with van der Waals surface area (Å²) in [5.41, 5.74) is 1.80. The molecule has 3 atom stereocenters. The van der Waals surface area contributed by atoms with Crippen molar-refractivity contribution in [3.8, 4) is 0 Å². The van der Waals surface area contributed by atoms with Crippen LogP contribution in [0.15, 0.2) is 12.3 Å². The number of carbonyl (C=O) groups is 1. The van der Waals surface area contributed by atoms with Crippen LogP contribution in [0.2, 0.25) is 0 Å². The Labute approximate surface area is 149 Å². The third-order valence-electron chi connectivity index (χ3n) is 7.24. The number of rotatable bonds is 3. The maximum Gasteiger partial charge on any atom is 0.409 e. The molecule has 1 aromatic rings. The number of amides is 1. The van der Waals surface area contributed by atoms with Gasteiger partial charge in [-0.05, 0) is 49.5 Å². The van der Waals surface area contributed by atoms with Crippen molar-refractivity contribution in [1.82, 2.24) is 19.6 Å². The fourth-order valence-electron chi connectivity index (χ4n) is 5.84. The molecule has 3 heterocycles. The van der Waals surface area contributed by atoms with E-state index in [9.17, 15) is 4.79 Å². The molecule has 2 saturated heterocycles. The number of hydrogen-bond acceptors (Lipinski definition) is 4. The third-order valence-corrected chi connectivity index (χ3v) is 7.24. The summed E-state index contributed by atoms with van der Waals surface area (Å²) in [6.45, 7) is 6.63. The van der Waals surface area contributed by atoms with Crippen LogP contribution in [0.1, 0.15) is 37.8 Å². The molecule has 2 aliphatic heterocycles. The summed E-state index contributed by atoms with van der Waals surface area (Å²) < 4.78 is 7.21. The van der Waals surface area contributed by atoms with Gasteiger partial charge < -0.3 is 9.64 Å². The molecular weight excluding hydrogens is 316 g/mol. The lowest BCUT2D eigenvalue weighted by Gasteiger charge is -2.49. The van der Waals surface area contributed by atoms with E-state index in [-0.39, 0.29) is 6.09 Å². The molecule has 25 heavy (non-hydrogen) atoms. The topological polar surface area (TPSA) is 50.6 Å². The Morgan fingerprint density at radius 1 is 1.36 bits per heavy atom. The van der Waals surface area contributed by atoms with E-state index in [0.29, 0.717) is 12.0 Å². The summed E-state index contributed by atoms with van der Waals surface area (Å²) in [6.07, 6.45) is 5.48. The van der Waals surface area contributed by atoms with Gasteiger partial charge in [-0.3, -0.25) is 9.58 Å². The number of aryl methyl sites for hydroxylation is 1. The Hall–Kier alpha value is -1.56. The summed E-state index contributed by atoms with van der Waals surface area (Å²) in [6, 6.07) is 2.93. The molecule has 1 aromatic heterocycles. The fourth-order valence-corrected chi connectivity index (χ4v) is 5.84. The maximum absolute atomic E-state index is 11.9. The second kappa shape index (κ2) is 5.47. The quantitative estimate of drug-likeness (QED) is 0.842. The van der Waals surface area contributed by atoms with Crippen molar-refractivity contribution in [2.75, 3.05) is 32.8 Å². The van der Waals surface area contributed by atoms with Gasteiger partial charge >= 0.3 is 6.09 Å². The first-order valence-electron chi connectivity index (χ1n) is 9.74. The van der Waals surface area contributed by atoms with Gasteiger partial charge in [0, 0.05) is 57.1 Å². The molecule has 4 fully saturated rings. The number of carbonyl (C=O) groups excluding carboxylic acids is 1. The average molecular weight is 344 g/mol. The molecule has 6 nitrogen and oxygen atoms in total. The van der Waals surface area contributed by atoms with E-state index in [1.807, 2.05) is 22.7 Å². The van der Waals surface area contributed by atoms with Crippen molar-refractivity contribution >= 4 is 6.09 Å². The van der Waals surface area contributed by atoms with Crippen LogP contribution in [-0.4, -0.2) is 64.5 Å².